The number of halogens is 1. The molecular weight excluding hydrogens is 367 g/mol. The molecule has 0 bridgehead atoms. The highest BCUT2D eigenvalue weighted by Crippen LogP contribution is 2.29. The van der Waals surface area contributed by atoms with Gasteiger partial charge in [0.25, 0.3) is 0 Å². The van der Waals surface area contributed by atoms with E-state index in [4.69, 9.17) is 0 Å². The normalized spacial score (nSPS) is 11.1. The van der Waals surface area contributed by atoms with E-state index in [9.17, 15) is 0 Å². The summed E-state index contributed by atoms with van der Waals surface area (Å²) in [7, 11) is 0. The molecule has 0 fully saturated rings. The fourth-order valence-electron chi connectivity index (χ4n) is 4.08. The van der Waals surface area contributed by atoms with Crippen LogP contribution in [0.15, 0.2) is 84.9 Å². The van der Waals surface area contributed by atoms with Crippen LogP contribution in [0.1, 0.15) is 42.9 Å². The van der Waals surface area contributed by atoms with Crippen molar-refractivity contribution < 1.29 is 4.39 Å². The van der Waals surface area contributed by atoms with Gasteiger partial charge in [-0.15, -0.1) is 0 Å². The van der Waals surface area contributed by atoms with Gasteiger partial charge in [0.1, 0.15) is 5.82 Å². The minimum absolute atomic E-state index is 0.135. The highest BCUT2D eigenvalue weighted by molar-refractivity contribution is 5.88. The van der Waals surface area contributed by atoms with E-state index in [1.807, 2.05) is 48.5 Å². The van der Waals surface area contributed by atoms with E-state index < -0.39 is 0 Å². The molecule has 0 nitrogen and oxygen atoms in total. The van der Waals surface area contributed by atoms with Gasteiger partial charge in [-0.2, -0.15) is 0 Å². The molecule has 0 saturated heterocycles. The van der Waals surface area contributed by atoms with Crippen LogP contribution in [0.5, 0.6) is 0 Å². The molecule has 0 radical (unpaired) electrons. The Balaban J connectivity index is 1.45. The second-order valence-corrected chi connectivity index (χ2v) is 8.12. The molecule has 4 rings (SSSR count). The summed E-state index contributed by atoms with van der Waals surface area (Å²) in [4.78, 5) is 0. The van der Waals surface area contributed by atoms with Crippen LogP contribution < -0.4 is 0 Å². The maximum Gasteiger partial charge on any atom is 0.138 e. The highest BCUT2D eigenvalue weighted by atomic mass is 19.1. The molecule has 4 aromatic carbocycles. The van der Waals surface area contributed by atoms with Crippen LogP contribution >= 0.6 is 0 Å². The van der Waals surface area contributed by atoms with Crippen molar-refractivity contribution in [3.63, 3.8) is 0 Å². The first kappa shape index (κ1) is 20.3. The third kappa shape index (κ3) is 4.79. The average molecular weight is 397 g/mol. The lowest BCUT2D eigenvalue weighted by atomic mass is 9.97. The number of unbranched alkanes of at least 4 members (excludes halogenated alkanes) is 2. The minimum Gasteiger partial charge on any atom is -0.206 e. The van der Waals surface area contributed by atoms with Gasteiger partial charge in [0, 0.05) is 10.9 Å². The molecule has 0 aliphatic carbocycles. The second-order valence-electron chi connectivity index (χ2n) is 8.12. The zero-order chi connectivity index (χ0) is 20.8. The molecule has 30 heavy (non-hydrogen) atoms. The SMILES string of the molecule is CCCCCc1ccc(CCc2ccc3c(F)c(-c4ccccc4)ccc3c2)cc1. The van der Waals surface area contributed by atoms with Crippen molar-refractivity contribution in [3.8, 4) is 11.1 Å². The summed E-state index contributed by atoms with van der Waals surface area (Å²) in [6, 6.07) is 28.9. The highest BCUT2D eigenvalue weighted by Gasteiger charge is 2.09. The Bertz CT molecular complexity index is 1090. The summed E-state index contributed by atoms with van der Waals surface area (Å²) < 4.78 is 15.1. The van der Waals surface area contributed by atoms with Gasteiger partial charge in [0.2, 0.25) is 0 Å². The smallest absolute Gasteiger partial charge is 0.138 e. The average Bonchev–Trinajstić information content (AvgIpc) is 2.79. The number of aryl methyl sites for hydroxylation is 3. The lowest BCUT2D eigenvalue weighted by Gasteiger charge is -2.09. The molecule has 1 heteroatoms. The molecule has 0 aromatic heterocycles. The van der Waals surface area contributed by atoms with Crippen LogP contribution in [-0.2, 0) is 19.3 Å². The monoisotopic (exact) mass is 396 g/mol. The van der Waals surface area contributed by atoms with Crippen molar-refractivity contribution in [3.05, 3.63) is 107 Å². The van der Waals surface area contributed by atoms with Crippen molar-refractivity contribution in [1.82, 2.24) is 0 Å². The van der Waals surface area contributed by atoms with Crippen LogP contribution in [0.3, 0.4) is 0 Å². The third-order valence-electron chi connectivity index (χ3n) is 5.90. The lowest BCUT2D eigenvalue weighted by molar-refractivity contribution is 0.643. The molecule has 0 atom stereocenters. The van der Waals surface area contributed by atoms with E-state index in [0.717, 1.165) is 23.8 Å². The molecule has 0 aliphatic heterocycles. The number of hydrogen-bond acceptors (Lipinski definition) is 0. The third-order valence-corrected chi connectivity index (χ3v) is 5.90. The van der Waals surface area contributed by atoms with Gasteiger partial charge in [-0.05, 0) is 53.3 Å². The van der Waals surface area contributed by atoms with Gasteiger partial charge in [-0.3, -0.25) is 0 Å². The summed E-state index contributed by atoms with van der Waals surface area (Å²) in [5.41, 5.74) is 5.62. The Morgan fingerprint density at radius 3 is 2.03 bits per heavy atom. The predicted molar refractivity (Wildman–Crippen MR) is 126 cm³/mol. The van der Waals surface area contributed by atoms with Crippen molar-refractivity contribution in [2.75, 3.05) is 0 Å². The standard InChI is InChI=1S/C29H29F/c1-2-3-5-8-22-11-13-23(14-12-22)15-16-24-17-19-28-26(21-24)18-20-27(29(28)30)25-9-6-4-7-10-25/h4,6-7,9-14,17-21H,2-3,5,8,15-16H2,1H3. The number of benzene rings is 4. The van der Waals surface area contributed by atoms with Crippen LogP contribution in [-0.4, -0.2) is 0 Å². The molecule has 0 amide bonds. The van der Waals surface area contributed by atoms with Gasteiger partial charge in [0.05, 0.1) is 0 Å². The van der Waals surface area contributed by atoms with E-state index in [1.165, 1.54) is 42.4 Å². The van der Waals surface area contributed by atoms with Gasteiger partial charge in [-0.25, -0.2) is 4.39 Å². The molecule has 0 aliphatic rings. The Morgan fingerprint density at radius 1 is 0.633 bits per heavy atom. The van der Waals surface area contributed by atoms with Crippen molar-refractivity contribution in [2.24, 2.45) is 0 Å². The van der Waals surface area contributed by atoms with Gasteiger partial charge >= 0.3 is 0 Å². The zero-order valence-corrected chi connectivity index (χ0v) is 17.7. The molecular formula is C29H29F. The van der Waals surface area contributed by atoms with Crippen LogP contribution in [0, 0.1) is 5.82 Å². The van der Waals surface area contributed by atoms with Crippen molar-refractivity contribution >= 4 is 10.8 Å². The predicted octanol–water partition coefficient (Wildman–Crippen LogP) is 8.16. The van der Waals surface area contributed by atoms with Gasteiger partial charge in [0.15, 0.2) is 0 Å². The maximum atomic E-state index is 15.1. The summed E-state index contributed by atoms with van der Waals surface area (Å²) >= 11 is 0. The summed E-state index contributed by atoms with van der Waals surface area (Å²) in [5, 5.41) is 1.66. The topological polar surface area (TPSA) is 0 Å². The Morgan fingerprint density at radius 2 is 1.30 bits per heavy atom. The first-order valence-corrected chi connectivity index (χ1v) is 11.1. The molecule has 0 saturated carbocycles. The maximum absolute atomic E-state index is 15.1. The van der Waals surface area contributed by atoms with Crippen LogP contribution in [0.2, 0.25) is 0 Å². The summed E-state index contributed by atoms with van der Waals surface area (Å²) in [6.07, 6.45) is 6.99. The Kier molecular flexibility index (Phi) is 6.59. The quantitative estimate of drug-likeness (QED) is 0.263. The second kappa shape index (κ2) is 9.71. The Labute approximate surface area is 179 Å². The van der Waals surface area contributed by atoms with Crippen LogP contribution in [0.4, 0.5) is 4.39 Å². The molecule has 0 heterocycles. The van der Waals surface area contributed by atoms with Crippen molar-refractivity contribution in [1.29, 1.82) is 0 Å². The van der Waals surface area contributed by atoms with Gasteiger partial charge in [-0.1, -0.05) is 105 Å². The lowest BCUT2D eigenvalue weighted by Crippen LogP contribution is -1.94. The molecule has 0 spiro atoms. The minimum atomic E-state index is -0.135. The number of hydrogen-bond donors (Lipinski definition) is 0. The van der Waals surface area contributed by atoms with E-state index in [1.54, 1.807) is 0 Å². The van der Waals surface area contributed by atoms with Gasteiger partial charge < -0.3 is 0 Å². The number of rotatable bonds is 8. The fourth-order valence-corrected chi connectivity index (χ4v) is 4.08. The zero-order valence-electron chi connectivity index (χ0n) is 17.7. The first-order valence-electron chi connectivity index (χ1n) is 11.1. The fraction of sp³-hybridized carbons (Fsp3) is 0.241. The summed E-state index contributed by atoms with van der Waals surface area (Å²) in [5.74, 6) is -0.135. The molecule has 152 valence electrons. The molecule has 0 N–H and O–H groups in total. The van der Waals surface area contributed by atoms with Crippen molar-refractivity contribution in [2.45, 2.75) is 45.4 Å². The first-order chi connectivity index (χ1) is 14.7. The van der Waals surface area contributed by atoms with E-state index in [0.29, 0.717) is 10.9 Å². The summed E-state index contributed by atoms with van der Waals surface area (Å²) in [6.45, 7) is 2.24. The Hall–Kier alpha value is -2.93. The van der Waals surface area contributed by atoms with Crippen LogP contribution in [0.25, 0.3) is 21.9 Å². The molecule has 0 unspecified atom stereocenters. The largest absolute Gasteiger partial charge is 0.206 e. The van der Waals surface area contributed by atoms with E-state index >= 15 is 4.39 Å². The number of fused-ring (bicyclic) bond motifs is 1. The van der Waals surface area contributed by atoms with E-state index in [2.05, 4.69) is 43.3 Å². The molecule has 4 aromatic rings. The van der Waals surface area contributed by atoms with E-state index in [-0.39, 0.29) is 5.82 Å².